The first-order valence-electron chi connectivity index (χ1n) is 8.47. The second-order valence-corrected chi connectivity index (χ2v) is 6.15. The Morgan fingerprint density at radius 1 is 1.12 bits per heavy atom. The molecule has 1 amide bonds. The van der Waals surface area contributed by atoms with Crippen LogP contribution in [0.1, 0.15) is 18.1 Å². The van der Waals surface area contributed by atoms with Gasteiger partial charge in [-0.05, 0) is 49.2 Å². The molecular weight excluding hydrogens is 334 g/mol. The number of hydrogen-bond donors (Lipinski definition) is 1. The van der Waals surface area contributed by atoms with Crippen molar-refractivity contribution < 1.29 is 23.8 Å². The summed E-state index contributed by atoms with van der Waals surface area (Å²) in [6.07, 6.45) is -0.834. The molecule has 2 aromatic carbocycles. The number of fused-ring (bicyclic) bond motifs is 1. The van der Waals surface area contributed by atoms with Gasteiger partial charge in [0.25, 0.3) is 5.91 Å². The molecule has 0 fully saturated rings. The lowest BCUT2D eigenvalue weighted by Gasteiger charge is -2.19. The van der Waals surface area contributed by atoms with Crippen molar-refractivity contribution in [1.82, 2.24) is 0 Å². The zero-order valence-corrected chi connectivity index (χ0v) is 14.8. The molecule has 1 heterocycles. The molecule has 136 valence electrons. The molecule has 1 unspecified atom stereocenters. The molecule has 0 saturated carbocycles. The van der Waals surface area contributed by atoms with Crippen molar-refractivity contribution in [2.24, 2.45) is 0 Å². The van der Waals surface area contributed by atoms with E-state index in [9.17, 15) is 9.59 Å². The zero-order valence-electron chi connectivity index (χ0n) is 14.8. The molecule has 1 atom stereocenters. The first-order chi connectivity index (χ1) is 12.5. The SMILES string of the molecule is Cc1cccc(NC(=O)C(C)OC(=O)Cc2ccc3c(c2)OCCO3)c1. The van der Waals surface area contributed by atoms with Gasteiger partial charge in [0.2, 0.25) is 0 Å². The second kappa shape index (κ2) is 7.91. The van der Waals surface area contributed by atoms with Crippen molar-refractivity contribution in [3.8, 4) is 11.5 Å². The third-order valence-corrected chi connectivity index (χ3v) is 3.92. The minimum atomic E-state index is -0.889. The average molecular weight is 355 g/mol. The molecule has 1 aliphatic rings. The van der Waals surface area contributed by atoms with Gasteiger partial charge in [0.15, 0.2) is 17.6 Å². The van der Waals surface area contributed by atoms with Crippen LogP contribution in [0.4, 0.5) is 5.69 Å². The van der Waals surface area contributed by atoms with E-state index in [1.807, 2.05) is 25.1 Å². The monoisotopic (exact) mass is 355 g/mol. The van der Waals surface area contributed by atoms with E-state index in [1.54, 1.807) is 31.2 Å². The van der Waals surface area contributed by atoms with Gasteiger partial charge in [-0.1, -0.05) is 18.2 Å². The van der Waals surface area contributed by atoms with E-state index in [0.717, 1.165) is 11.1 Å². The Bertz CT molecular complexity index is 818. The van der Waals surface area contributed by atoms with Gasteiger partial charge in [0.05, 0.1) is 6.42 Å². The molecule has 2 aromatic rings. The maximum Gasteiger partial charge on any atom is 0.311 e. The summed E-state index contributed by atoms with van der Waals surface area (Å²) < 4.78 is 16.2. The van der Waals surface area contributed by atoms with Crippen molar-refractivity contribution in [3.63, 3.8) is 0 Å². The third-order valence-electron chi connectivity index (χ3n) is 3.92. The Morgan fingerprint density at radius 2 is 1.88 bits per heavy atom. The highest BCUT2D eigenvalue weighted by Crippen LogP contribution is 2.30. The lowest BCUT2D eigenvalue weighted by Crippen LogP contribution is -2.30. The Morgan fingerprint density at radius 3 is 2.65 bits per heavy atom. The van der Waals surface area contributed by atoms with Crippen LogP contribution < -0.4 is 14.8 Å². The number of nitrogens with one attached hydrogen (secondary N) is 1. The molecule has 1 aliphatic heterocycles. The molecular formula is C20H21NO5. The summed E-state index contributed by atoms with van der Waals surface area (Å²) in [5.41, 5.74) is 2.45. The predicted molar refractivity (Wildman–Crippen MR) is 96.5 cm³/mol. The largest absolute Gasteiger partial charge is 0.486 e. The molecule has 6 nitrogen and oxygen atoms in total. The Kier molecular flexibility index (Phi) is 5.41. The van der Waals surface area contributed by atoms with Crippen molar-refractivity contribution in [3.05, 3.63) is 53.6 Å². The topological polar surface area (TPSA) is 73.9 Å². The molecule has 0 aromatic heterocycles. The summed E-state index contributed by atoms with van der Waals surface area (Å²) in [6.45, 7) is 4.48. The van der Waals surface area contributed by atoms with E-state index in [1.165, 1.54) is 0 Å². The average Bonchev–Trinajstić information content (AvgIpc) is 2.61. The fraction of sp³-hybridized carbons (Fsp3) is 0.300. The number of ether oxygens (including phenoxy) is 3. The van der Waals surface area contributed by atoms with Crippen molar-refractivity contribution in [1.29, 1.82) is 0 Å². The Hall–Kier alpha value is -3.02. The Labute approximate surface area is 152 Å². The summed E-state index contributed by atoms with van der Waals surface area (Å²) >= 11 is 0. The summed E-state index contributed by atoms with van der Waals surface area (Å²) in [7, 11) is 0. The van der Waals surface area contributed by atoms with Crippen LogP contribution >= 0.6 is 0 Å². The van der Waals surface area contributed by atoms with Crippen LogP contribution in [-0.2, 0) is 20.7 Å². The van der Waals surface area contributed by atoms with Gasteiger partial charge < -0.3 is 19.5 Å². The standard InChI is InChI=1S/C20H21NO5/c1-13-4-3-5-16(10-13)21-20(23)14(2)26-19(22)12-15-6-7-17-18(11-15)25-9-8-24-17/h3-7,10-11,14H,8-9,12H2,1-2H3,(H,21,23). The number of benzene rings is 2. The van der Waals surface area contributed by atoms with Gasteiger partial charge in [-0.15, -0.1) is 0 Å². The smallest absolute Gasteiger partial charge is 0.311 e. The summed E-state index contributed by atoms with van der Waals surface area (Å²) in [5, 5.41) is 2.74. The van der Waals surface area contributed by atoms with E-state index in [4.69, 9.17) is 14.2 Å². The molecule has 0 bridgehead atoms. The highest BCUT2D eigenvalue weighted by Gasteiger charge is 2.19. The fourth-order valence-corrected chi connectivity index (χ4v) is 2.62. The maximum absolute atomic E-state index is 12.2. The first-order valence-corrected chi connectivity index (χ1v) is 8.47. The minimum absolute atomic E-state index is 0.0543. The number of rotatable bonds is 5. The number of hydrogen-bond acceptors (Lipinski definition) is 5. The number of esters is 1. The highest BCUT2D eigenvalue weighted by molar-refractivity contribution is 5.95. The van der Waals surface area contributed by atoms with Crippen LogP contribution in [0.25, 0.3) is 0 Å². The van der Waals surface area contributed by atoms with E-state index < -0.39 is 12.1 Å². The summed E-state index contributed by atoms with van der Waals surface area (Å²) in [4.78, 5) is 24.3. The van der Waals surface area contributed by atoms with E-state index >= 15 is 0 Å². The number of anilines is 1. The maximum atomic E-state index is 12.2. The second-order valence-electron chi connectivity index (χ2n) is 6.15. The van der Waals surface area contributed by atoms with Gasteiger partial charge in [-0.25, -0.2) is 0 Å². The van der Waals surface area contributed by atoms with Crippen LogP contribution in [0.15, 0.2) is 42.5 Å². The van der Waals surface area contributed by atoms with Gasteiger partial charge in [0, 0.05) is 5.69 Å². The zero-order chi connectivity index (χ0) is 18.5. The molecule has 0 radical (unpaired) electrons. The summed E-state index contributed by atoms with van der Waals surface area (Å²) in [6, 6.07) is 12.7. The fourth-order valence-electron chi connectivity index (χ4n) is 2.62. The van der Waals surface area contributed by atoms with Crippen molar-refractivity contribution in [2.45, 2.75) is 26.4 Å². The molecule has 0 saturated heterocycles. The van der Waals surface area contributed by atoms with E-state index in [0.29, 0.717) is 30.4 Å². The van der Waals surface area contributed by atoms with Crippen LogP contribution in [-0.4, -0.2) is 31.2 Å². The third kappa shape index (κ3) is 4.53. The van der Waals surface area contributed by atoms with Gasteiger partial charge in [0.1, 0.15) is 13.2 Å². The number of aryl methyl sites for hydroxylation is 1. The lowest BCUT2D eigenvalue weighted by atomic mass is 10.1. The quantitative estimate of drug-likeness (QED) is 0.835. The highest BCUT2D eigenvalue weighted by atomic mass is 16.6. The summed E-state index contributed by atoms with van der Waals surface area (Å²) in [5.74, 6) is 0.436. The van der Waals surface area contributed by atoms with Crippen molar-refractivity contribution >= 4 is 17.6 Å². The van der Waals surface area contributed by atoms with E-state index in [-0.39, 0.29) is 12.3 Å². The molecule has 0 spiro atoms. The van der Waals surface area contributed by atoms with Crippen LogP contribution in [0, 0.1) is 6.92 Å². The van der Waals surface area contributed by atoms with Crippen LogP contribution in [0.5, 0.6) is 11.5 Å². The van der Waals surface area contributed by atoms with Gasteiger partial charge in [-0.2, -0.15) is 0 Å². The molecule has 1 N–H and O–H groups in total. The number of carbonyl (C=O) groups is 2. The predicted octanol–water partition coefficient (Wildman–Crippen LogP) is 2.88. The van der Waals surface area contributed by atoms with Gasteiger partial charge >= 0.3 is 5.97 Å². The normalized spacial score (nSPS) is 13.6. The number of amides is 1. The number of carbonyl (C=O) groups excluding carboxylic acids is 2. The molecule has 0 aliphatic carbocycles. The van der Waals surface area contributed by atoms with Crippen LogP contribution in [0.3, 0.4) is 0 Å². The van der Waals surface area contributed by atoms with E-state index in [2.05, 4.69) is 5.32 Å². The minimum Gasteiger partial charge on any atom is -0.486 e. The van der Waals surface area contributed by atoms with Crippen molar-refractivity contribution in [2.75, 3.05) is 18.5 Å². The van der Waals surface area contributed by atoms with Gasteiger partial charge in [-0.3, -0.25) is 9.59 Å². The molecule has 3 rings (SSSR count). The molecule has 26 heavy (non-hydrogen) atoms. The Balaban J connectivity index is 1.54. The first kappa shape index (κ1) is 17.8. The lowest BCUT2D eigenvalue weighted by molar-refractivity contribution is -0.152. The molecule has 6 heteroatoms. The van der Waals surface area contributed by atoms with Crippen LogP contribution in [0.2, 0.25) is 0 Å².